The molecule has 0 radical (unpaired) electrons. The van der Waals surface area contributed by atoms with Gasteiger partial charge in [-0.1, -0.05) is 289 Å². The Kier molecular flexibility index (Phi) is 55.7. The second-order valence-electron chi connectivity index (χ2n) is 20.6. The number of rotatable bonds is 56. The molecule has 6 heteroatoms. The molecular weight excluding hydrogens is 841 g/mol. The number of hydrogen-bond acceptors (Lipinski definition) is 6. The van der Waals surface area contributed by atoms with Gasteiger partial charge in [-0.3, -0.25) is 14.4 Å². The van der Waals surface area contributed by atoms with Gasteiger partial charge in [-0.15, -0.1) is 0 Å². The quantitative estimate of drug-likeness (QED) is 0.0262. The molecule has 0 aromatic carbocycles. The molecule has 400 valence electrons. The van der Waals surface area contributed by atoms with Gasteiger partial charge in [0.05, 0.1) is 0 Å². The third-order valence-corrected chi connectivity index (χ3v) is 13.7. The van der Waals surface area contributed by atoms with E-state index in [2.05, 4.69) is 45.1 Å². The SMILES string of the molecule is CCCCCCC/C=C\C/C=C\CCCCCCCCCCCCCC(=O)OCC(COC(=O)CCCCCCC)OC(=O)CCCCCCCCCCCCCCCCCCCCCCCC. The maximum atomic E-state index is 12.8. The number of esters is 3. The minimum Gasteiger partial charge on any atom is -0.462 e. The molecule has 0 spiro atoms. The highest BCUT2D eigenvalue weighted by atomic mass is 16.6. The zero-order valence-electron chi connectivity index (χ0n) is 45.9. The third-order valence-electron chi connectivity index (χ3n) is 13.7. The molecule has 0 aliphatic rings. The van der Waals surface area contributed by atoms with Gasteiger partial charge in [0, 0.05) is 19.3 Å². The fraction of sp³-hybridized carbons (Fsp3) is 0.887. The molecule has 0 bridgehead atoms. The van der Waals surface area contributed by atoms with Crippen molar-refractivity contribution in [3.63, 3.8) is 0 Å². The van der Waals surface area contributed by atoms with Crippen LogP contribution in [0.3, 0.4) is 0 Å². The Bertz CT molecular complexity index is 1100. The number of unbranched alkanes of at least 4 members (excludes halogenated alkanes) is 41. The lowest BCUT2D eigenvalue weighted by molar-refractivity contribution is -0.167. The molecule has 0 aromatic rings. The second-order valence-corrected chi connectivity index (χ2v) is 20.6. The maximum absolute atomic E-state index is 12.8. The van der Waals surface area contributed by atoms with Gasteiger partial charge in [0.15, 0.2) is 6.10 Å². The first kappa shape index (κ1) is 65.9. The highest BCUT2D eigenvalue weighted by molar-refractivity contribution is 5.71. The van der Waals surface area contributed by atoms with Crippen LogP contribution in [0.15, 0.2) is 24.3 Å². The van der Waals surface area contributed by atoms with E-state index in [1.54, 1.807) is 0 Å². The van der Waals surface area contributed by atoms with Crippen LogP contribution in [0, 0.1) is 0 Å². The average Bonchev–Trinajstić information content (AvgIpc) is 3.34. The predicted octanol–water partition coefficient (Wildman–Crippen LogP) is 20.3. The molecule has 0 saturated heterocycles. The van der Waals surface area contributed by atoms with Crippen molar-refractivity contribution in [2.45, 2.75) is 341 Å². The molecule has 1 unspecified atom stereocenters. The van der Waals surface area contributed by atoms with Crippen LogP contribution in [-0.4, -0.2) is 37.2 Å². The minimum absolute atomic E-state index is 0.0681. The van der Waals surface area contributed by atoms with Crippen molar-refractivity contribution < 1.29 is 28.6 Å². The predicted molar refractivity (Wildman–Crippen MR) is 293 cm³/mol. The van der Waals surface area contributed by atoms with Crippen molar-refractivity contribution in [2.24, 2.45) is 0 Å². The monoisotopic (exact) mass is 957 g/mol. The van der Waals surface area contributed by atoms with Crippen molar-refractivity contribution in [1.29, 1.82) is 0 Å². The lowest BCUT2D eigenvalue weighted by atomic mass is 10.0. The molecule has 0 N–H and O–H groups in total. The summed E-state index contributed by atoms with van der Waals surface area (Å²) in [5.41, 5.74) is 0. The third kappa shape index (κ3) is 54.8. The Morgan fingerprint density at radius 2 is 0.529 bits per heavy atom. The highest BCUT2D eigenvalue weighted by Crippen LogP contribution is 2.17. The Morgan fingerprint density at radius 3 is 0.809 bits per heavy atom. The zero-order chi connectivity index (χ0) is 49.3. The topological polar surface area (TPSA) is 78.9 Å². The highest BCUT2D eigenvalue weighted by Gasteiger charge is 2.19. The molecule has 0 fully saturated rings. The number of allylic oxidation sites excluding steroid dienone is 4. The normalized spacial score (nSPS) is 12.1. The summed E-state index contributed by atoms with van der Waals surface area (Å²) in [6.45, 7) is 6.60. The maximum Gasteiger partial charge on any atom is 0.306 e. The van der Waals surface area contributed by atoms with Gasteiger partial charge in [0.2, 0.25) is 0 Å². The molecule has 1 atom stereocenters. The first-order valence-electron chi connectivity index (χ1n) is 30.3. The molecule has 68 heavy (non-hydrogen) atoms. The Labute approximate surface area is 423 Å². The van der Waals surface area contributed by atoms with Crippen LogP contribution in [0.2, 0.25) is 0 Å². The van der Waals surface area contributed by atoms with Gasteiger partial charge in [0.25, 0.3) is 0 Å². The first-order chi connectivity index (χ1) is 33.5. The van der Waals surface area contributed by atoms with Crippen LogP contribution in [0.4, 0.5) is 0 Å². The lowest BCUT2D eigenvalue weighted by Gasteiger charge is -2.18. The van der Waals surface area contributed by atoms with Crippen molar-refractivity contribution in [3.8, 4) is 0 Å². The van der Waals surface area contributed by atoms with E-state index in [1.165, 1.54) is 225 Å². The van der Waals surface area contributed by atoms with Gasteiger partial charge >= 0.3 is 17.9 Å². The standard InChI is InChI=1S/C62H116O6/c1-4-7-10-13-15-17-19-21-23-25-27-29-31-33-34-36-38-40-42-44-46-49-52-55-61(64)67-58-59(57-66-60(63)54-51-48-12-9-6-3)68-62(65)56-53-50-47-45-43-41-39-37-35-32-30-28-26-24-22-20-18-16-14-11-8-5-2/h19,21,25,27,59H,4-18,20,22-24,26,28-58H2,1-3H3/b21-19-,27-25-. The van der Waals surface area contributed by atoms with Gasteiger partial charge < -0.3 is 14.2 Å². The van der Waals surface area contributed by atoms with E-state index in [0.717, 1.165) is 70.6 Å². The zero-order valence-corrected chi connectivity index (χ0v) is 45.9. The van der Waals surface area contributed by atoms with E-state index in [0.29, 0.717) is 19.3 Å². The van der Waals surface area contributed by atoms with Gasteiger partial charge in [0.1, 0.15) is 13.2 Å². The number of carbonyl (C=O) groups is 3. The summed E-state index contributed by atoms with van der Waals surface area (Å²) in [7, 11) is 0. The molecule has 0 heterocycles. The molecule has 6 nitrogen and oxygen atoms in total. The van der Waals surface area contributed by atoms with E-state index >= 15 is 0 Å². The fourth-order valence-electron chi connectivity index (χ4n) is 9.12. The molecular formula is C62H116O6. The van der Waals surface area contributed by atoms with Crippen LogP contribution in [0.5, 0.6) is 0 Å². The molecule has 0 amide bonds. The van der Waals surface area contributed by atoms with Crippen molar-refractivity contribution in [2.75, 3.05) is 13.2 Å². The smallest absolute Gasteiger partial charge is 0.306 e. The van der Waals surface area contributed by atoms with Crippen LogP contribution in [-0.2, 0) is 28.6 Å². The summed E-state index contributed by atoms with van der Waals surface area (Å²) >= 11 is 0. The molecule has 0 rings (SSSR count). The fourth-order valence-corrected chi connectivity index (χ4v) is 9.12. The summed E-state index contributed by atoms with van der Waals surface area (Å²) in [6.07, 6.45) is 68.0. The summed E-state index contributed by atoms with van der Waals surface area (Å²) in [4.78, 5) is 37.8. The molecule has 0 aliphatic heterocycles. The van der Waals surface area contributed by atoms with Crippen LogP contribution in [0.25, 0.3) is 0 Å². The summed E-state index contributed by atoms with van der Waals surface area (Å²) in [6, 6.07) is 0. The second kappa shape index (κ2) is 57.5. The molecule has 0 aliphatic carbocycles. The summed E-state index contributed by atoms with van der Waals surface area (Å²) < 4.78 is 16.8. The lowest BCUT2D eigenvalue weighted by Crippen LogP contribution is -2.30. The van der Waals surface area contributed by atoms with Gasteiger partial charge in [-0.05, 0) is 51.4 Å². The van der Waals surface area contributed by atoms with Gasteiger partial charge in [-0.25, -0.2) is 0 Å². The number of hydrogen-bond donors (Lipinski definition) is 0. The first-order valence-corrected chi connectivity index (χ1v) is 30.3. The summed E-state index contributed by atoms with van der Waals surface area (Å²) in [5.74, 6) is -0.863. The van der Waals surface area contributed by atoms with E-state index < -0.39 is 6.10 Å². The number of ether oxygens (including phenoxy) is 3. The molecule has 0 saturated carbocycles. The minimum atomic E-state index is -0.765. The summed E-state index contributed by atoms with van der Waals surface area (Å²) in [5, 5.41) is 0. The van der Waals surface area contributed by atoms with Crippen LogP contribution >= 0.6 is 0 Å². The van der Waals surface area contributed by atoms with Crippen molar-refractivity contribution in [3.05, 3.63) is 24.3 Å². The van der Waals surface area contributed by atoms with Crippen molar-refractivity contribution >= 4 is 17.9 Å². The Balaban J connectivity index is 4.02. The van der Waals surface area contributed by atoms with E-state index in [4.69, 9.17) is 14.2 Å². The Hall–Kier alpha value is -2.11. The van der Waals surface area contributed by atoms with E-state index in [-0.39, 0.29) is 31.1 Å². The van der Waals surface area contributed by atoms with E-state index in [1.807, 2.05) is 0 Å². The van der Waals surface area contributed by atoms with Crippen LogP contribution in [0.1, 0.15) is 335 Å². The van der Waals surface area contributed by atoms with E-state index in [9.17, 15) is 14.4 Å². The largest absolute Gasteiger partial charge is 0.462 e. The molecule has 0 aromatic heterocycles. The average molecular weight is 958 g/mol. The van der Waals surface area contributed by atoms with Crippen molar-refractivity contribution in [1.82, 2.24) is 0 Å². The Morgan fingerprint density at radius 1 is 0.294 bits per heavy atom. The number of carbonyl (C=O) groups excluding carboxylic acids is 3. The van der Waals surface area contributed by atoms with Crippen LogP contribution < -0.4 is 0 Å². The van der Waals surface area contributed by atoms with Gasteiger partial charge in [-0.2, -0.15) is 0 Å².